The molecule has 360 valence electrons. The molecule has 61 heavy (non-hydrogen) atoms. The van der Waals surface area contributed by atoms with E-state index in [9.17, 15) is 19.0 Å². The summed E-state index contributed by atoms with van der Waals surface area (Å²) in [7, 11) is -4.62. The van der Waals surface area contributed by atoms with E-state index < -0.39 is 45.1 Å². The smallest absolute Gasteiger partial charge is 0.472 e. The Hall–Kier alpha value is -1.55. The number of phosphoric acid groups is 1. The zero-order valence-corrected chi connectivity index (χ0v) is 40.4. The highest BCUT2D eigenvalue weighted by molar-refractivity contribution is 7.47. The number of ether oxygens (including phenoxy) is 2. The summed E-state index contributed by atoms with van der Waals surface area (Å²) in [5, 5.41) is 8.92. The molecule has 3 unspecified atom stereocenters. The third kappa shape index (κ3) is 46.3. The Bertz CT molecular complexity index is 1070. The Labute approximate surface area is 374 Å². The summed E-state index contributed by atoms with van der Waals surface area (Å²) < 4.78 is 33.5. The molecule has 0 saturated heterocycles. The van der Waals surface area contributed by atoms with Gasteiger partial charge in [0, 0.05) is 13.0 Å². The minimum Gasteiger partial charge on any atom is -0.480 e. The van der Waals surface area contributed by atoms with Crippen LogP contribution in [-0.4, -0.2) is 60.5 Å². The molecule has 0 aliphatic heterocycles. The quantitative estimate of drug-likeness (QED) is 0.0233. The highest BCUT2D eigenvalue weighted by Gasteiger charge is 2.27. The first-order valence-electron chi connectivity index (χ1n) is 25.4. The van der Waals surface area contributed by atoms with Crippen molar-refractivity contribution in [2.45, 2.75) is 257 Å². The minimum atomic E-state index is -4.62. The maximum absolute atomic E-state index is 12.7. The molecule has 3 atom stereocenters. The van der Waals surface area contributed by atoms with Gasteiger partial charge in [-0.15, -0.1) is 0 Å². The number of carbonyl (C=O) groups is 2. The Morgan fingerprint density at radius 2 is 0.902 bits per heavy atom. The fourth-order valence-corrected chi connectivity index (χ4v) is 8.06. The SMILES string of the molecule is CCCCCC/C=C\C/C=C\CCCCCCCC(=O)OC(COCCCCCCCCCCCCCCCCCCCCCCCCC)COP(=O)(O)OCC(N)C(=O)O. The number of esters is 1. The van der Waals surface area contributed by atoms with E-state index in [1.165, 1.54) is 161 Å². The van der Waals surface area contributed by atoms with Gasteiger partial charge >= 0.3 is 19.8 Å². The normalized spacial score (nSPS) is 13.9. The number of unbranched alkanes of at least 4 members (excludes halogenated alkanes) is 31. The van der Waals surface area contributed by atoms with Crippen molar-refractivity contribution in [1.29, 1.82) is 0 Å². The van der Waals surface area contributed by atoms with E-state index in [-0.39, 0.29) is 13.0 Å². The van der Waals surface area contributed by atoms with Crippen molar-refractivity contribution in [3.8, 4) is 0 Å². The van der Waals surface area contributed by atoms with E-state index in [1.54, 1.807) is 0 Å². The second-order valence-electron chi connectivity index (χ2n) is 17.3. The minimum absolute atomic E-state index is 0.0158. The largest absolute Gasteiger partial charge is 0.480 e. The van der Waals surface area contributed by atoms with Gasteiger partial charge in [0.1, 0.15) is 12.1 Å². The van der Waals surface area contributed by atoms with Crippen LogP contribution in [0.5, 0.6) is 0 Å². The number of phosphoric ester groups is 1. The zero-order valence-electron chi connectivity index (χ0n) is 39.5. The second kappa shape index (κ2) is 46.4. The van der Waals surface area contributed by atoms with Gasteiger partial charge in [-0.1, -0.05) is 218 Å². The van der Waals surface area contributed by atoms with Crippen LogP contribution in [0.25, 0.3) is 0 Å². The Balaban J connectivity index is 4.10. The van der Waals surface area contributed by atoms with Crippen molar-refractivity contribution in [3.63, 3.8) is 0 Å². The molecule has 0 saturated carbocycles. The Kier molecular flexibility index (Phi) is 45.3. The fourth-order valence-electron chi connectivity index (χ4n) is 7.28. The summed E-state index contributed by atoms with van der Waals surface area (Å²) in [4.78, 5) is 33.6. The van der Waals surface area contributed by atoms with E-state index >= 15 is 0 Å². The van der Waals surface area contributed by atoms with Crippen molar-refractivity contribution in [3.05, 3.63) is 24.3 Å². The average molecular weight is 886 g/mol. The van der Waals surface area contributed by atoms with Gasteiger partial charge in [0.25, 0.3) is 0 Å². The van der Waals surface area contributed by atoms with Crippen LogP contribution in [0.2, 0.25) is 0 Å². The van der Waals surface area contributed by atoms with Crippen molar-refractivity contribution in [2.24, 2.45) is 5.73 Å². The predicted octanol–water partition coefficient (Wildman–Crippen LogP) is 14.7. The van der Waals surface area contributed by atoms with Crippen LogP contribution in [0.15, 0.2) is 24.3 Å². The molecule has 0 aromatic heterocycles. The lowest BCUT2D eigenvalue weighted by molar-refractivity contribution is -0.154. The number of carbonyl (C=O) groups excluding carboxylic acids is 1. The standard InChI is InChI=1S/C50H96NO9P/c1-3-5-7-9-11-13-15-17-19-21-22-23-24-25-26-27-29-31-33-35-37-39-41-43-57-44-47(45-58-61(55,56)59-46-48(51)50(53)54)60-49(52)42-40-38-36-34-32-30-28-20-18-16-14-12-10-8-6-4-2/h14,16,20,28,47-48H,3-13,15,17-19,21-27,29-46,51H2,1-2H3,(H,53,54)(H,55,56)/b16-14-,28-20-. The Morgan fingerprint density at radius 1 is 0.525 bits per heavy atom. The number of hydrogen-bond donors (Lipinski definition) is 3. The third-order valence-electron chi connectivity index (χ3n) is 11.2. The van der Waals surface area contributed by atoms with Gasteiger partial charge in [-0.3, -0.25) is 18.6 Å². The third-order valence-corrected chi connectivity index (χ3v) is 12.2. The van der Waals surface area contributed by atoms with E-state index in [0.717, 1.165) is 57.8 Å². The molecular weight excluding hydrogens is 790 g/mol. The molecule has 0 spiro atoms. The Morgan fingerprint density at radius 3 is 1.34 bits per heavy atom. The summed E-state index contributed by atoms with van der Waals surface area (Å²) in [5.41, 5.74) is 5.37. The molecule has 0 aromatic carbocycles. The summed E-state index contributed by atoms with van der Waals surface area (Å²) >= 11 is 0. The van der Waals surface area contributed by atoms with Gasteiger partial charge in [-0.2, -0.15) is 0 Å². The molecule has 0 radical (unpaired) electrons. The van der Waals surface area contributed by atoms with Crippen LogP contribution in [-0.2, 0) is 32.7 Å². The number of aliphatic carboxylic acids is 1. The van der Waals surface area contributed by atoms with Gasteiger partial charge in [-0.25, -0.2) is 4.57 Å². The monoisotopic (exact) mass is 886 g/mol. The number of rotatable bonds is 49. The van der Waals surface area contributed by atoms with Crippen LogP contribution in [0.4, 0.5) is 0 Å². The number of allylic oxidation sites excluding steroid dienone is 4. The summed E-state index contributed by atoms with van der Waals surface area (Å²) in [5.74, 6) is -1.78. The highest BCUT2D eigenvalue weighted by Crippen LogP contribution is 2.43. The molecule has 11 heteroatoms. The zero-order chi connectivity index (χ0) is 44.8. The molecular formula is C50H96NO9P. The molecule has 0 fully saturated rings. The van der Waals surface area contributed by atoms with E-state index in [4.69, 9.17) is 29.4 Å². The van der Waals surface area contributed by atoms with Crippen LogP contribution >= 0.6 is 7.82 Å². The summed E-state index contributed by atoms with van der Waals surface area (Å²) in [6, 6.07) is -1.47. The summed E-state index contributed by atoms with van der Waals surface area (Å²) in [6.45, 7) is 3.89. The van der Waals surface area contributed by atoms with Gasteiger partial charge in [-0.05, 0) is 44.9 Å². The highest BCUT2D eigenvalue weighted by atomic mass is 31.2. The number of carboxylic acid groups (broad SMARTS) is 1. The van der Waals surface area contributed by atoms with E-state index in [2.05, 4.69) is 38.2 Å². The fraction of sp³-hybridized carbons (Fsp3) is 0.880. The van der Waals surface area contributed by atoms with Gasteiger partial charge in [0.15, 0.2) is 0 Å². The molecule has 0 aliphatic rings. The molecule has 0 amide bonds. The first-order chi connectivity index (χ1) is 29.7. The molecule has 0 aliphatic carbocycles. The molecule has 0 heterocycles. The van der Waals surface area contributed by atoms with Crippen LogP contribution in [0, 0.1) is 0 Å². The predicted molar refractivity (Wildman–Crippen MR) is 254 cm³/mol. The van der Waals surface area contributed by atoms with Crippen molar-refractivity contribution >= 4 is 19.8 Å². The van der Waals surface area contributed by atoms with Crippen LogP contribution in [0.3, 0.4) is 0 Å². The van der Waals surface area contributed by atoms with E-state index in [1.807, 2.05) is 0 Å². The van der Waals surface area contributed by atoms with Crippen molar-refractivity contribution in [2.75, 3.05) is 26.4 Å². The van der Waals surface area contributed by atoms with Crippen molar-refractivity contribution in [1.82, 2.24) is 0 Å². The number of hydrogen-bond acceptors (Lipinski definition) is 8. The van der Waals surface area contributed by atoms with Crippen molar-refractivity contribution < 1.29 is 42.7 Å². The number of carboxylic acids is 1. The van der Waals surface area contributed by atoms with Crippen LogP contribution in [0.1, 0.15) is 245 Å². The maximum atomic E-state index is 12.7. The first-order valence-corrected chi connectivity index (χ1v) is 26.9. The lowest BCUT2D eigenvalue weighted by Crippen LogP contribution is -2.34. The molecule has 4 N–H and O–H groups in total. The first kappa shape index (κ1) is 59.5. The molecule has 0 bridgehead atoms. The lowest BCUT2D eigenvalue weighted by atomic mass is 10.0. The molecule has 0 aromatic rings. The van der Waals surface area contributed by atoms with Crippen LogP contribution < -0.4 is 5.73 Å². The topological polar surface area (TPSA) is 155 Å². The second-order valence-corrected chi connectivity index (χ2v) is 18.8. The maximum Gasteiger partial charge on any atom is 0.472 e. The molecule has 10 nitrogen and oxygen atoms in total. The van der Waals surface area contributed by atoms with Gasteiger partial charge < -0.3 is 25.2 Å². The van der Waals surface area contributed by atoms with Gasteiger partial charge in [0.05, 0.1) is 19.8 Å². The van der Waals surface area contributed by atoms with Gasteiger partial charge in [0.2, 0.25) is 0 Å². The molecule has 0 rings (SSSR count). The lowest BCUT2D eigenvalue weighted by Gasteiger charge is -2.20. The summed E-state index contributed by atoms with van der Waals surface area (Å²) in [6.07, 6.45) is 52.4. The number of nitrogens with two attached hydrogens (primary N) is 1. The average Bonchev–Trinajstić information content (AvgIpc) is 3.24. The van der Waals surface area contributed by atoms with E-state index in [0.29, 0.717) is 13.0 Å².